The molecule has 0 unspecified atom stereocenters. The Balaban J connectivity index is 1.55. The van der Waals surface area contributed by atoms with Gasteiger partial charge < -0.3 is 19.1 Å². The van der Waals surface area contributed by atoms with Gasteiger partial charge in [0.15, 0.2) is 11.5 Å². The van der Waals surface area contributed by atoms with Gasteiger partial charge in [-0.2, -0.15) is 0 Å². The monoisotopic (exact) mass is 366 g/mol. The summed E-state index contributed by atoms with van der Waals surface area (Å²) in [5, 5.41) is 9.56. The molecule has 0 atom stereocenters. The number of benzene rings is 2. The number of aliphatic hydroxyl groups excluding tert-OH is 1. The van der Waals surface area contributed by atoms with Crippen molar-refractivity contribution in [3.63, 3.8) is 0 Å². The van der Waals surface area contributed by atoms with Gasteiger partial charge in [0.25, 0.3) is 0 Å². The number of para-hydroxylation sites is 2. The van der Waals surface area contributed by atoms with Crippen molar-refractivity contribution in [2.45, 2.75) is 32.4 Å². The number of nitrogens with zero attached hydrogens (tertiary/aromatic N) is 2. The molecule has 2 aromatic carbocycles. The predicted molar refractivity (Wildman–Crippen MR) is 107 cm³/mol. The molecule has 1 N–H and O–H groups in total. The van der Waals surface area contributed by atoms with Crippen molar-refractivity contribution < 1.29 is 14.6 Å². The van der Waals surface area contributed by atoms with Crippen molar-refractivity contribution in [2.75, 3.05) is 13.7 Å². The smallest absolute Gasteiger partial charge is 0.161 e. The highest BCUT2D eigenvalue weighted by molar-refractivity contribution is 5.75. The lowest BCUT2D eigenvalue weighted by Gasteiger charge is -2.12. The van der Waals surface area contributed by atoms with Gasteiger partial charge in [0.05, 0.1) is 24.8 Å². The molecule has 142 valence electrons. The molecule has 3 rings (SSSR count). The largest absolute Gasteiger partial charge is 0.493 e. The molecule has 0 radical (unpaired) electrons. The molecule has 27 heavy (non-hydrogen) atoms. The van der Waals surface area contributed by atoms with E-state index in [-0.39, 0.29) is 6.61 Å². The average molecular weight is 366 g/mol. The molecule has 1 heterocycles. The van der Waals surface area contributed by atoms with E-state index in [2.05, 4.69) is 16.1 Å². The molecule has 3 aromatic rings. The zero-order valence-corrected chi connectivity index (χ0v) is 15.7. The van der Waals surface area contributed by atoms with Gasteiger partial charge in [-0.1, -0.05) is 24.3 Å². The first-order chi connectivity index (χ1) is 13.3. The molecule has 5 nitrogen and oxygen atoms in total. The van der Waals surface area contributed by atoms with Crippen LogP contribution in [0.4, 0.5) is 0 Å². The minimum atomic E-state index is -0.0561. The van der Waals surface area contributed by atoms with Crippen molar-refractivity contribution >= 4 is 11.0 Å². The van der Waals surface area contributed by atoms with Gasteiger partial charge in [-0.05, 0) is 49.1 Å². The fraction of sp³-hybridized carbons (Fsp3) is 0.318. The third-order valence-corrected chi connectivity index (χ3v) is 4.52. The third kappa shape index (κ3) is 4.49. The maximum atomic E-state index is 9.56. The number of aromatic nitrogens is 2. The van der Waals surface area contributed by atoms with E-state index in [0.717, 1.165) is 53.9 Å². The number of allylic oxidation sites excluding steroid dienone is 1. The van der Waals surface area contributed by atoms with E-state index in [1.54, 1.807) is 7.11 Å². The topological polar surface area (TPSA) is 56.5 Å². The van der Waals surface area contributed by atoms with Gasteiger partial charge in [0.2, 0.25) is 0 Å². The number of hydrogen-bond acceptors (Lipinski definition) is 4. The summed E-state index contributed by atoms with van der Waals surface area (Å²) in [6.45, 7) is 5.12. The number of methoxy groups -OCH3 is 1. The van der Waals surface area contributed by atoms with Crippen molar-refractivity contribution in [3.8, 4) is 11.5 Å². The predicted octanol–water partition coefficient (Wildman–Crippen LogP) is 4.12. The van der Waals surface area contributed by atoms with Crippen LogP contribution in [0.5, 0.6) is 11.5 Å². The van der Waals surface area contributed by atoms with Crippen molar-refractivity contribution in [2.24, 2.45) is 0 Å². The lowest BCUT2D eigenvalue weighted by molar-refractivity contribution is 0.262. The highest BCUT2D eigenvalue weighted by atomic mass is 16.5. The van der Waals surface area contributed by atoms with Crippen LogP contribution in [0.15, 0.2) is 55.1 Å². The summed E-state index contributed by atoms with van der Waals surface area (Å²) in [7, 11) is 1.65. The second kappa shape index (κ2) is 9.24. The molecule has 0 saturated carbocycles. The van der Waals surface area contributed by atoms with Gasteiger partial charge in [0, 0.05) is 6.54 Å². The SMILES string of the molecule is C=CCc1ccc(OCCCCn2c(CO)nc3ccccc32)c(OC)c1. The number of hydrogen-bond donors (Lipinski definition) is 1. The summed E-state index contributed by atoms with van der Waals surface area (Å²) in [6.07, 6.45) is 4.51. The Morgan fingerprint density at radius 1 is 1.15 bits per heavy atom. The number of aryl methyl sites for hydroxylation is 1. The second-order valence-electron chi connectivity index (χ2n) is 6.36. The first kappa shape index (κ1) is 19.0. The third-order valence-electron chi connectivity index (χ3n) is 4.52. The standard InChI is InChI=1S/C22H26N2O3/c1-3-8-17-11-12-20(21(15-17)26-2)27-14-7-6-13-24-19-10-5-4-9-18(19)23-22(24)16-25/h3-5,9-12,15,25H,1,6-8,13-14,16H2,2H3. The van der Waals surface area contributed by atoms with Gasteiger partial charge in [-0.25, -0.2) is 4.98 Å². The van der Waals surface area contributed by atoms with Crippen LogP contribution in [-0.2, 0) is 19.6 Å². The van der Waals surface area contributed by atoms with Crippen LogP contribution >= 0.6 is 0 Å². The Hall–Kier alpha value is -2.79. The van der Waals surface area contributed by atoms with Crippen LogP contribution in [-0.4, -0.2) is 28.4 Å². The van der Waals surface area contributed by atoms with Crippen LogP contribution in [0.2, 0.25) is 0 Å². The summed E-state index contributed by atoms with van der Waals surface area (Å²) >= 11 is 0. The first-order valence-electron chi connectivity index (χ1n) is 9.22. The fourth-order valence-corrected chi connectivity index (χ4v) is 3.17. The van der Waals surface area contributed by atoms with Gasteiger partial charge in [-0.3, -0.25) is 0 Å². The van der Waals surface area contributed by atoms with E-state index in [9.17, 15) is 5.11 Å². The Labute approximate surface area is 159 Å². The highest BCUT2D eigenvalue weighted by Gasteiger charge is 2.09. The zero-order chi connectivity index (χ0) is 19.1. The van der Waals surface area contributed by atoms with Crippen molar-refractivity contribution in [3.05, 3.63) is 66.5 Å². The Morgan fingerprint density at radius 2 is 2.00 bits per heavy atom. The molecule has 0 spiro atoms. The maximum absolute atomic E-state index is 9.56. The Bertz CT molecular complexity index is 902. The molecule has 0 aliphatic heterocycles. The number of imidazole rings is 1. The van der Waals surface area contributed by atoms with E-state index >= 15 is 0 Å². The van der Waals surface area contributed by atoms with Gasteiger partial charge >= 0.3 is 0 Å². The Morgan fingerprint density at radius 3 is 2.78 bits per heavy atom. The molecule has 1 aromatic heterocycles. The molecule has 5 heteroatoms. The van der Waals surface area contributed by atoms with Gasteiger partial charge in [-0.15, -0.1) is 6.58 Å². The highest BCUT2D eigenvalue weighted by Crippen LogP contribution is 2.28. The molecular weight excluding hydrogens is 340 g/mol. The van der Waals surface area contributed by atoms with E-state index < -0.39 is 0 Å². The van der Waals surface area contributed by atoms with Crippen LogP contribution in [0.1, 0.15) is 24.2 Å². The molecule has 0 fully saturated rings. The molecule has 0 amide bonds. The normalized spacial score (nSPS) is 10.9. The van der Waals surface area contributed by atoms with E-state index in [1.165, 1.54) is 0 Å². The van der Waals surface area contributed by atoms with Crippen molar-refractivity contribution in [1.29, 1.82) is 0 Å². The quantitative estimate of drug-likeness (QED) is 0.433. The van der Waals surface area contributed by atoms with Crippen LogP contribution in [0.25, 0.3) is 11.0 Å². The van der Waals surface area contributed by atoms with Crippen LogP contribution < -0.4 is 9.47 Å². The Kier molecular flexibility index (Phi) is 6.49. The second-order valence-corrected chi connectivity index (χ2v) is 6.36. The number of aliphatic hydroxyl groups is 1. The van der Waals surface area contributed by atoms with Crippen LogP contribution in [0.3, 0.4) is 0 Å². The molecule has 0 aliphatic carbocycles. The van der Waals surface area contributed by atoms with Crippen molar-refractivity contribution in [1.82, 2.24) is 9.55 Å². The molecular formula is C22H26N2O3. The summed E-state index contributed by atoms with van der Waals surface area (Å²) in [6, 6.07) is 13.9. The lowest BCUT2D eigenvalue weighted by atomic mass is 10.1. The van der Waals surface area contributed by atoms with Crippen LogP contribution in [0, 0.1) is 0 Å². The summed E-state index contributed by atoms with van der Waals surface area (Å²) in [4.78, 5) is 4.48. The maximum Gasteiger partial charge on any atom is 0.161 e. The van der Waals surface area contributed by atoms with Gasteiger partial charge in [0.1, 0.15) is 12.4 Å². The molecule has 0 aliphatic rings. The lowest BCUT2D eigenvalue weighted by Crippen LogP contribution is -2.06. The zero-order valence-electron chi connectivity index (χ0n) is 15.7. The minimum absolute atomic E-state index is 0.0561. The minimum Gasteiger partial charge on any atom is -0.493 e. The molecule has 0 bridgehead atoms. The number of unbranched alkanes of at least 4 members (excludes halogenated alkanes) is 1. The summed E-state index contributed by atoms with van der Waals surface area (Å²) < 4.78 is 13.4. The number of fused-ring (bicyclic) bond motifs is 1. The first-order valence-corrected chi connectivity index (χ1v) is 9.22. The summed E-state index contributed by atoms with van der Waals surface area (Å²) in [5.74, 6) is 2.21. The van der Waals surface area contributed by atoms with E-state index in [4.69, 9.17) is 9.47 Å². The van der Waals surface area contributed by atoms with E-state index in [0.29, 0.717) is 12.4 Å². The van der Waals surface area contributed by atoms with E-state index in [1.807, 2.05) is 48.5 Å². The summed E-state index contributed by atoms with van der Waals surface area (Å²) in [5.41, 5.74) is 3.13. The molecule has 0 saturated heterocycles. The number of rotatable bonds is 10. The number of ether oxygens (including phenoxy) is 2. The average Bonchev–Trinajstić information content (AvgIpc) is 3.06. The fourth-order valence-electron chi connectivity index (χ4n) is 3.17.